The van der Waals surface area contributed by atoms with Crippen molar-refractivity contribution in [3.63, 3.8) is 0 Å². The highest BCUT2D eigenvalue weighted by Gasteiger charge is 2.21. The van der Waals surface area contributed by atoms with Gasteiger partial charge in [0.25, 0.3) is 5.91 Å². The Morgan fingerprint density at radius 1 is 0.909 bits per heavy atom. The summed E-state index contributed by atoms with van der Waals surface area (Å²) in [6, 6.07) is 28.5. The molecule has 1 saturated heterocycles. The molecule has 3 aromatic carbocycles. The maximum absolute atomic E-state index is 12.9. The number of carbonyl (C=O) groups is 1. The second-order valence-corrected chi connectivity index (χ2v) is 8.60. The van der Waals surface area contributed by atoms with Crippen molar-refractivity contribution in [3.05, 3.63) is 102 Å². The molecule has 1 aromatic heterocycles. The van der Waals surface area contributed by atoms with Crippen molar-refractivity contribution >= 4 is 28.2 Å². The Morgan fingerprint density at radius 2 is 1.70 bits per heavy atom. The smallest absolute Gasteiger partial charge is 0.251 e. The van der Waals surface area contributed by atoms with Crippen LogP contribution in [0, 0.1) is 0 Å². The van der Waals surface area contributed by atoms with Crippen LogP contribution in [0.4, 0.5) is 11.5 Å². The second-order valence-electron chi connectivity index (χ2n) is 8.60. The first-order chi connectivity index (χ1) is 16.2. The van der Waals surface area contributed by atoms with Gasteiger partial charge in [-0.3, -0.25) is 9.69 Å². The average Bonchev–Trinajstić information content (AvgIpc) is 2.86. The minimum absolute atomic E-state index is 0.0222. The van der Waals surface area contributed by atoms with Crippen molar-refractivity contribution in [1.82, 2.24) is 15.2 Å². The number of aromatic nitrogens is 1. The van der Waals surface area contributed by atoms with Gasteiger partial charge >= 0.3 is 0 Å². The van der Waals surface area contributed by atoms with Crippen LogP contribution in [-0.2, 0) is 6.54 Å². The summed E-state index contributed by atoms with van der Waals surface area (Å²) in [7, 11) is 0. The topological polar surface area (TPSA) is 57.3 Å². The van der Waals surface area contributed by atoms with Gasteiger partial charge in [0.15, 0.2) is 0 Å². The van der Waals surface area contributed by atoms with Crippen molar-refractivity contribution in [2.45, 2.75) is 25.4 Å². The molecule has 0 spiro atoms. The number of piperidine rings is 1. The van der Waals surface area contributed by atoms with Crippen LogP contribution in [0.3, 0.4) is 0 Å². The van der Waals surface area contributed by atoms with E-state index < -0.39 is 0 Å². The van der Waals surface area contributed by atoms with E-state index in [0.717, 1.165) is 54.8 Å². The number of hydrogen-bond acceptors (Lipinski definition) is 4. The molecule has 1 aliphatic rings. The first-order valence-corrected chi connectivity index (χ1v) is 11.5. The van der Waals surface area contributed by atoms with Gasteiger partial charge in [-0.1, -0.05) is 60.7 Å². The highest BCUT2D eigenvalue weighted by molar-refractivity contribution is 5.96. The number of rotatable bonds is 6. The summed E-state index contributed by atoms with van der Waals surface area (Å²) in [5.74, 6) is 0.766. The lowest BCUT2D eigenvalue weighted by Crippen LogP contribution is -2.44. The number of anilines is 2. The van der Waals surface area contributed by atoms with E-state index in [-0.39, 0.29) is 11.9 Å². The third-order valence-electron chi connectivity index (χ3n) is 6.23. The predicted molar refractivity (Wildman–Crippen MR) is 134 cm³/mol. The monoisotopic (exact) mass is 436 g/mol. The number of pyridine rings is 1. The van der Waals surface area contributed by atoms with Gasteiger partial charge in [0.05, 0.1) is 0 Å². The number of amides is 1. The molecule has 0 unspecified atom stereocenters. The summed E-state index contributed by atoms with van der Waals surface area (Å²) in [6.07, 6.45) is 3.73. The summed E-state index contributed by atoms with van der Waals surface area (Å²) < 4.78 is 0. The Kier molecular flexibility index (Phi) is 6.31. The Bertz CT molecular complexity index is 1230. The van der Waals surface area contributed by atoms with Crippen LogP contribution < -0.4 is 10.6 Å². The number of carbonyl (C=O) groups excluding carboxylic acids is 1. The number of fused-ring (bicyclic) bond motifs is 1. The van der Waals surface area contributed by atoms with Crippen molar-refractivity contribution in [1.29, 1.82) is 0 Å². The molecule has 0 radical (unpaired) electrons. The summed E-state index contributed by atoms with van der Waals surface area (Å²) in [6.45, 7) is 2.96. The molecular weight excluding hydrogens is 408 g/mol. The summed E-state index contributed by atoms with van der Waals surface area (Å²) in [5, 5.41) is 8.79. The van der Waals surface area contributed by atoms with E-state index in [4.69, 9.17) is 0 Å². The molecule has 4 aromatic rings. The second kappa shape index (κ2) is 9.84. The minimum atomic E-state index is -0.0222. The molecule has 166 valence electrons. The average molecular weight is 437 g/mol. The number of nitrogens with one attached hydrogen (secondary N) is 2. The van der Waals surface area contributed by atoms with Crippen molar-refractivity contribution in [3.8, 4) is 0 Å². The van der Waals surface area contributed by atoms with Gasteiger partial charge in [0.2, 0.25) is 0 Å². The molecule has 0 atom stereocenters. The third kappa shape index (κ3) is 5.21. The maximum Gasteiger partial charge on any atom is 0.251 e. The van der Waals surface area contributed by atoms with Gasteiger partial charge in [-0.15, -0.1) is 0 Å². The zero-order valence-electron chi connectivity index (χ0n) is 18.6. The molecule has 5 nitrogen and oxygen atoms in total. The van der Waals surface area contributed by atoms with Crippen molar-refractivity contribution < 1.29 is 4.79 Å². The normalized spacial score (nSPS) is 14.8. The number of benzene rings is 3. The van der Waals surface area contributed by atoms with Gasteiger partial charge in [0, 0.05) is 48.5 Å². The number of hydrogen-bond donors (Lipinski definition) is 2. The van der Waals surface area contributed by atoms with E-state index in [1.54, 1.807) is 6.20 Å². The molecule has 2 N–H and O–H groups in total. The van der Waals surface area contributed by atoms with Gasteiger partial charge in [0.1, 0.15) is 5.82 Å². The first kappa shape index (κ1) is 21.2. The third-order valence-corrected chi connectivity index (χ3v) is 6.23. The van der Waals surface area contributed by atoms with Crippen molar-refractivity contribution in [2.24, 2.45) is 0 Å². The van der Waals surface area contributed by atoms with Crippen LogP contribution in [0.25, 0.3) is 10.8 Å². The molecule has 1 amide bonds. The zero-order valence-corrected chi connectivity index (χ0v) is 18.6. The fraction of sp³-hybridized carbons (Fsp3) is 0.214. The lowest BCUT2D eigenvalue weighted by molar-refractivity contribution is 0.0909. The molecule has 0 aliphatic carbocycles. The van der Waals surface area contributed by atoms with Gasteiger partial charge in [-0.2, -0.15) is 0 Å². The predicted octanol–water partition coefficient (Wildman–Crippen LogP) is 5.37. The Balaban J connectivity index is 1.19. The molecule has 1 fully saturated rings. The minimum Gasteiger partial charge on any atom is -0.349 e. The SMILES string of the molecule is O=C(NC1CCN(Cc2ccccc2)CC1)c1cccc(Nc2nccc3ccccc23)c1. The van der Waals surface area contributed by atoms with Crippen LogP contribution >= 0.6 is 0 Å². The van der Waals surface area contributed by atoms with E-state index in [1.807, 2.05) is 54.6 Å². The highest BCUT2D eigenvalue weighted by Crippen LogP contribution is 2.24. The molecule has 5 heteroatoms. The first-order valence-electron chi connectivity index (χ1n) is 11.5. The van der Waals surface area contributed by atoms with Crippen LogP contribution in [-0.4, -0.2) is 34.9 Å². The fourth-order valence-electron chi connectivity index (χ4n) is 4.44. The van der Waals surface area contributed by atoms with E-state index in [1.165, 1.54) is 5.56 Å². The standard InChI is InChI=1S/C28H28N4O/c33-28(31-24-14-17-32(18-15-24)20-21-7-2-1-3-8-21)23-10-6-11-25(19-23)30-27-26-12-5-4-9-22(26)13-16-29-27/h1-13,16,19,24H,14-15,17-18,20H2,(H,29,30)(H,31,33). The van der Waals surface area contributed by atoms with Crippen LogP contribution in [0.5, 0.6) is 0 Å². The van der Waals surface area contributed by atoms with Gasteiger partial charge in [-0.25, -0.2) is 4.98 Å². The van der Waals surface area contributed by atoms with Crippen LogP contribution in [0.1, 0.15) is 28.8 Å². The molecule has 0 saturated carbocycles. The summed E-state index contributed by atoms with van der Waals surface area (Å²) in [4.78, 5) is 19.9. The van der Waals surface area contributed by atoms with Gasteiger partial charge < -0.3 is 10.6 Å². The van der Waals surface area contributed by atoms with Gasteiger partial charge in [-0.05, 0) is 48.1 Å². The molecule has 33 heavy (non-hydrogen) atoms. The van der Waals surface area contributed by atoms with E-state index >= 15 is 0 Å². The van der Waals surface area contributed by atoms with Crippen molar-refractivity contribution in [2.75, 3.05) is 18.4 Å². The van der Waals surface area contributed by atoms with Crippen LogP contribution in [0.15, 0.2) is 91.1 Å². The molecule has 2 heterocycles. The number of nitrogens with zero attached hydrogens (tertiary/aromatic N) is 2. The lowest BCUT2D eigenvalue weighted by Gasteiger charge is -2.32. The molecule has 5 rings (SSSR count). The molecule has 1 aliphatic heterocycles. The van der Waals surface area contributed by atoms with Crippen LogP contribution in [0.2, 0.25) is 0 Å². The summed E-state index contributed by atoms with van der Waals surface area (Å²) in [5.41, 5.74) is 2.85. The quantitative estimate of drug-likeness (QED) is 0.426. The Hall–Kier alpha value is -3.70. The number of likely N-dealkylation sites (tertiary alicyclic amines) is 1. The highest BCUT2D eigenvalue weighted by atomic mass is 16.1. The Labute approximate surface area is 194 Å². The Morgan fingerprint density at radius 3 is 2.55 bits per heavy atom. The lowest BCUT2D eigenvalue weighted by atomic mass is 10.0. The zero-order chi connectivity index (χ0) is 22.5. The fourth-order valence-corrected chi connectivity index (χ4v) is 4.44. The summed E-state index contributed by atoms with van der Waals surface area (Å²) >= 11 is 0. The largest absolute Gasteiger partial charge is 0.349 e. The van der Waals surface area contributed by atoms with E-state index in [2.05, 4.69) is 50.8 Å². The maximum atomic E-state index is 12.9. The van der Waals surface area contributed by atoms with E-state index in [9.17, 15) is 4.79 Å². The molecular formula is C28H28N4O. The van der Waals surface area contributed by atoms with E-state index in [0.29, 0.717) is 5.56 Å². The molecule has 0 bridgehead atoms.